The number of amides is 1. The fourth-order valence-corrected chi connectivity index (χ4v) is 4.61. The molecule has 7 nitrogen and oxygen atoms in total. The number of nitrogens with zero attached hydrogens (tertiary/aromatic N) is 2. The molecule has 0 unspecified atom stereocenters. The summed E-state index contributed by atoms with van der Waals surface area (Å²) in [5, 5.41) is 2.94. The first-order chi connectivity index (χ1) is 15.0. The third kappa shape index (κ3) is 4.55. The summed E-state index contributed by atoms with van der Waals surface area (Å²) in [6, 6.07) is 16.4. The molecule has 1 aliphatic heterocycles. The quantitative estimate of drug-likeness (QED) is 0.618. The molecule has 3 aromatic rings. The average Bonchev–Trinajstić information content (AvgIpc) is 2.99. The van der Waals surface area contributed by atoms with E-state index in [9.17, 15) is 13.2 Å². The minimum absolute atomic E-state index is 0.192. The Labute approximate surface area is 182 Å². The van der Waals surface area contributed by atoms with Gasteiger partial charge in [0.15, 0.2) is 0 Å². The van der Waals surface area contributed by atoms with Crippen molar-refractivity contribution in [2.45, 2.75) is 43.7 Å². The predicted octanol–water partition coefficient (Wildman–Crippen LogP) is 3.11. The van der Waals surface area contributed by atoms with Gasteiger partial charge in [-0.15, -0.1) is 0 Å². The van der Waals surface area contributed by atoms with Gasteiger partial charge >= 0.3 is 0 Å². The summed E-state index contributed by atoms with van der Waals surface area (Å²) < 4.78 is 28.2. The molecule has 0 radical (unpaired) electrons. The van der Waals surface area contributed by atoms with Crippen molar-refractivity contribution in [1.82, 2.24) is 19.6 Å². The van der Waals surface area contributed by atoms with Crippen molar-refractivity contribution in [3.05, 3.63) is 71.5 Å². The molecular formula is C23H26N4O3S. The molecule has 2 aromatic carbocycles. The lowest BCUT2D eigenvalue weighted by Gasteiger charge is -2.09. The van der Waals surface area contributed by atoms with Gasteiger partial charge in [-0.2, -0.15) is 0 Å². The minimum Gasteiger partial charge on any atom is -0.347 e. The highest BCUT2D eigenvalue weighted by atomic mass is 32.2. The van der Waals surface area contributed by atoms with Crippen molar-refractivity contribution < 1.29 is 13.2 Å². The molecular weight excluding hydrogens is 412 g/mol. The van der Waals surface area contributed by atoms with Crippen LogP contribution < -0.4 is 10.0 Å². The highest BCUT2D eigenvalue weighted by Crippen LogP contribution is 2.27. The highest BCUT2D eigenvalue weighted by Gasteiger charge is 2.24. The number of carbonyl (C=O) groups excluding carboxylic acids is 1. The lowest BCUT2D eigenvalue weighted by atomic mass is 10.1. The van der Waals surface area contributed by atoms with Gasteiger partial charge < -0.3 is 9.88 Å². The zero-order valence-corrected chi connectivity index (χ0v) is 18.3. The molecule has 1 aliphatic rings. The molecule has 0 spiro atoms. The number of fused-ring (bicyclic) bond motifs is 1. The van der Waals surface area contributed by atoms with Gasteiger partial charge in [-0.25, -0.2) is 18.1 Å². The van der Waals surface area contributed by atoms with Crippen LogP contribution in [0.4, 0.5) is 0 Å². The largest absolute Gasteiger partial charge is 0.347 e. The maximum atomic E-state index is 13.0. The van der Waals surface area contributed by atoms with Gasteiger partial charge in [0.1, 0.15) is 11.5 Å². The molecule has 1 aromatic heterocycles. The fraction of sp³-hybridized carbons (Fsp3) is 0.304. The third-order valence-corrected chi connectivity index (χ3v) is 7.00. The summed E-state index contributed by atoms with van der Waals surface area (Å²) in [7, 11) is -2.10. The van der Waals surface area contributed by atoms with Crippen molar-refractivity contribution in [1.29, 1.82) is 0 Å². The third-order valence-electron chi connectivity index (χ3n) is 5.57. The van der Waals surface area contributed by atoms with E-state index in [4.69, 9.17) is 4.98 Å². The van der Waals surface area contributed by atoms with Gasteiger partial charge in [0.25, 0.3) is 5.91 Å². The van der Waals surface area contributed by atoms with Crippen LogP contribution in [0.5, 0.6) is 0 Å². The van der Waals surface area contributed by atoms with Crippen molar-refractivity contribution in [3.63, 3.8) is 0 Å². The number of rotatable bonds is 6. The summed E-state index contributed by atoms with van der Waals surface area (Å²) in [6.45, 7) is 1.16. The number of hydrogen-bond acceptors (Lipinski definition) is 4. The van der Waals surface area contributed by atoms with Gasteiger partial charge in [-0.3, -0.25) is 4.79 Å². The fourth-order valence-electron chi connectivity index (χ4n) is 3.88. The molecule has 0 bridgehead atoms. The number of carbonyl (C=O) groups is 1. The van der Waals surface area contributed by atoms with E-state index in [1.807, 2.05) is 30.3 Å². The molecule has 8 heteroatoms. The molecule has 162 valence electrons. The normalized spacial score (nSPS) is 14.0. The van der Waals surface area contributed by atoms with Crippen LogP contribution >= 0.6 is 0 Å². The van der Waals surface area contributed by atoms with Crippen LogP contribution in [0.2, 0.25) is 0 Å². The number of benzene rings is 2. The second kappa shape index (κ2) is 9.03. The van der Waals surface area contributed by atoms with Crippen molar-refractivity contribution in [3.8, 4) is 11.4 Å². The van der Waals surface area contributed by atoms with Crippen LogP contribution in [-0.4, -0.2) is 30.9 Å². The topological polar surface area (TPSA) is 93.1 Å². The maximum absolute atomic E-state index is 13.0. The Kier molecular flexibility index (Phi) is 6.20. The molecule has 1 amide bonds. The standard InChI is InChI=1S/C23H26N4O3S/c1-24-31(29,30)19-13-11-17(12-14-19)16-25-23(28)21-20-10-6-3-7-15-27(20)22(26-21)18-8-4-2-5-9-18/h2,4-5,8-9,11-14,24H,3,6-7,10,15-16H2,1H3,(H,25,28). The minimum atomic E-state index is -3.48. The van der Waals surface area contributed by atoms with Gasteiger partial charge in [-0.1, -0.05) is 48.9 Å². The Bertz CT molecular complexity index is 1170. The summed E-state index contributed by atoms with van der Waals surface area (Å²) in [5.74, 6) is 0.629. The van der Waals surface area contributed by atoms with Crippen LogP contribution in [0.3, 0.4) is 0 Å². The van der Waals surface area contributed by atoms with Crippen molar-refractivity contribution in [2.24, 2.45) is 0 Å². The number of imidazole rings is 1. The SMILES string of the molecule is CNS(=O)(=O)c1ccc(CNC(=O)c2nc(-c3ccccc3)n3c2CCCCC3)cc1. The maximum Gasteiger partial charge on any atom is 0.272 e. The van der Waals surface area contributed by atoms with Crippen LogP contribution in [0.1, 0.15) is 41.0 Å². The van der Waals surface area contributed by atoms with E-state index in [1.54, 1.807) is 12.1 Å². The summed E-state index contributed by atoms with van der Waals surface area (Å²) in [6.07, 6.45) is 4.09. The Morgan fingerprint density at radius 3 is 2.48 bits per heavy atom. The van der Waals surface area contributed by atoms with E-state index >= 15 is 0 Å². The lowest BCUT2D eigenvalue weighted by Crippen LogP contribution is -2.24. The second-order valence-electron chi connectivity index (χ2n) is 7.59. The molecule has 0 saturated carbocycles. The number of hydrogen-bond donors (Lipinski definition) is 2. The molecule has 0 aliphatic carbocycles. The summed E-state index contributed by atoms with van der Waals surface area (Å²) in [4.78, 5) is 18.0. The van der Waals surface area contributed by atoms with E-state index in [0.717, 1.165) is 54.9 Å². The molecule has 0 atom stereocenters. The first kappa shape index (κ1) is 21.3. The van der Waals surface area contributed by atoms with Crippen LogP contribution in [-0.2, 0) is 29.5 Å². The van der Waals surface area contributed by atoms with E-state index in [2.05, 4.69) is 14.6 Å². The van der Waals surface area contributed by atoms with Gasteiger partial charge in [-0.05, 0) is 44.0 Å². The van der Waals surface area contributed by atoms with E-state index < -0.39 is 10.0 Å². The van der Waals surface area contributed by atoms with Crippen LogP contribution in [0.25, 0.3) is 11.4 Å². The van der Waals surface area contributed by atoms with Gasteiger partial charge in [0.05, 0.1) is 10.6 Å². The second-order valence-corrected chi connectivity index (χ2v) is 9.48. The summed E-state index contributed by atoms with van der Waals surface area (Å²) >= 11 is 0. The molecule has 0 saturated heterocycles. The van der Waals surface area contributed by atoms with E-state index in [1.165, 1.54) is 19.2 Å². The average molecular weight is 439 g/mol. The monoisotopic (exact) mass is 438 g/mol. The smallest absolute Gasteiger partial charge is 0.272 e. The molecule has 31 heavy (non-hydrogen) atoms. The van der Waals surface area contributed by atoms with E-state index in [-0.39, 0.29) is 10.8 Å². The molecule has 2 N–H and O–H groups in total. The first-order valence-electron chi connectivity index (χ1n) is 10.4. The molecule has 2 heterocycles. The number of aromatic nitrogens is 2. The molecule has 4 rings (SSSR count). The van der Waals surface area contributed by atoms with Gasteiger partial charge in [0.2, 0.25) is 10.0 Å². The highest BCUT2D eigenvalue weighted by molar-refractivity contribution is 7.89. The molecule has 0 fully saturated rings. The number of sulfonamides is 1. The van der Waals surface area contributed by atoms with Crippen LogP contribution in [0, 0.1) is 0 Å². The Morgan fingerprint density at radius 2 is 1.77 bits per heavy atom. The Morgan fingerprint density at radius 1 is 1.03 bits per heavy atom. The first-order valence-corrected chi connectivity index (χ1v) is 11.9. The van der Waals surface area contributed by atoms with Crippen molar-refractivity contribution >= 4 is 15.9 Å². The lowest BCUT2D eigenvalue weighted by molar-refractivity contribution is 0.0945. The van der Waals surface area contributed by atoms with Crippen molar-refractivity contribution in [2.75, 3.05) is 7.05 Å². The predicted molar refractivity (Wildman–Crippen MR) is 119 cm³/mol. The zero-order valence-electron chi connectivity index (χ0n) is 17.5. The van der Waals surface area contributed by atoms with E-state index in [0.29, 0.717) is 12.2 Å². The Hall–Kier alpha value is -2.97. The Balaban J connectivity index is 1.55. The summed E-state index contributed by atoms with van der Waals surface area (Å²) in [5.41, 5.74) is 3.29. The van der Waals surface area contributed by atoms with Gasteiger partial charge in [0, 0.05) is 18.7 Å². The van der Waals surface area contributed by atoms with Crippen LogP contribution in [0.15, 0.2) is 59.5 Å². The zero-order chi connectivity index (χ0) is 21.8. The number of nitrogens with one attached hydrogen (secondary N) is 2.